The van der Waals surface area contributed by atoms with Crippen molar-refractivity contribution in [2.24, 2.45) is 0 Å². The third-order valence-electron chi connectivity index (χ3n) is 5.55. The number of fused-ring (bicyclic) bond motifs is 1. The van der Waals surface area contributed by atoms with Crippen LogP contribution in [0.15, 0.2) is 42.6 Å². The van der Waals surface area contributed by atoms with Crippen LogP contribution < -0.4 is 5.32 Å². The van der Waals surface area contributed by atoms with E-state index < -0.39 is 0 Å². The van der Waals surface area contributed by atoms with Crippen LogP contribution in [0.2, 0.25) is 0 Å². The van der Waals surface area contributed by atoms with Gasteiger partial charge in [-0.2, -0.15) is 9.78 Å². The lowest BCUT2D eigenvalue weighted by Gasteiger charge is -2.12. The Balaban J connectivity index is 1.40. The van der Waals surface area contributed by atoms with Crippen LogP contribution in [0.4, 0.5) is 0 Å². The molecule has 1 aliphatic rings. The number of nitrogens with one attached hydrogen (secondary N) is 1. The first kappa shape index (κ1) is 18.4. The fourth-order valence-corrected chi connectivity index (χ4v) is 4.09. The lowest BCUT2D eigenvalue weighted by molar-refractivity contribution is 0.0951. The van der Waals surface area contributed by atoms with Gasteiger partial charge in [-0.15, -0.1) is 5.10 Å². The van der Waals surface area contributed by atoms with E-state index in [1.807, 2.05) is 41.9 Å². The lowest BCUT2D eigenvalue weighted by Crippen LogP contribution is -2.25. The van der Waals surface area contributed by atoms with Crippen molar-refractivity contribution in [3.8, 4) is 5.69 Å². The van der Waals surface area contributed by atoms with Gasteiger partial charge in [0.15, 0.2) is 11.5 Å². The normalized spacial score (nSPS) is 14.4. The average Bonchev–Trinajstić information content (AvgIpc) is 3.52. The molecule has 3 heterocycles. The number of carbonyl (C=O) groups is 1. The standard InChI is InChI=1S/C21H22N8O/c1-14-11-17(18-12-23-29(20(18)24-14)16-9-5-6-10-16)21(30)22-13-19-25-26-27-28(19)15-7-3-2-4-8-15/h2-4,7-8,11-12,16H,5-6,9-10,13H2,1H3,(H,22,30). The Kier molecular flexibility index (Phi) is 4.70. The van der Waals surface area contributed by atoms with E-state index in [0.29, 0.717) is 17.4 Å². The maximum Gasteiger partial charge on any atom is 0.252 e. The summed E-state index contributed by atoms with van der Waals surface area (Å²) in [6.07, 6.45) is 6.39. The van der Waals surface area contributed by atoms with Crippen molar-refractivity contribution in [2.45, 2.75) is 45.2 Å². The van der Waals surface area contributed by atoms with Gasteiger partial charge in [0.2, 0.25) is 0 Å². The second-order valence-electron chi connectivity index (χ2n) is 7.60. The van der Waals surface area contributed by atoms with Crippen LogP contribution >= 0.6 is 0 Å². The first-order valence-corrected chi connectivity index (χ1v) is 10.2. The zero-order valence-corrected chi connectivity index (χ0v) is 16.7. The van der Waals surface area contributed by atoms with Gasteiger partial charge >= 0.3 is 0 Å². The Labute approximate surface area is 173 Å². The molecule has 1 amide bonds. The van der Waals surface area contributed by atoms with Gasteiger partial charge in [0, 0.05) is 5.69 Å². The highest BCUT2D eigenvalue weighted by atomic mass is 16.1. The number of para-hydroxylation sites is 1. The molecule has 1 N–H and O–H groups in total. The molecule has 0 bridgehead atoms. The fraction of sp³-hybridized carbons (Fsp3) is 0.333. The van der Waals surface area contributed by atoms with Crippen molar-refractivity contribution < 1.29 is 4.79 Å². The van der Waals surface area contributed by atoms with Crippen LogP contribution in [-0.2, 0) is 6.54 Å². The quantitative estimate of drug-likeness (QED) is 0.551. The first-order valence-electron chi connectivity index (χ1n) is 10.2. The van der Waals surface area contributed by atoms with Gasteiger partial charge in [0.25, 0.3) is 5.91 Å². The molecule has 5 rings (SSSR count). The summed E-state index contributed by atoms with van der Waals surface area (Å²) >= 11 is 0. The molecule has 1 aromatic carbocycles. The molecule has 9 nitrogen and oxygen atoms in total. The van der Waals surface area contributed by atoms with E-state index in [-0.39, 0.29) is 12.5 Å². The third kappa shape index (κ3) is 3.32. The number of carbonyl (C=O) groups excluding carboxylic acids is 1. The van der Waals surface area contributed by atoms with Gasteiger partial charge in [-0.3, -0.25) is 4.79 Å². The molecular formula is C21H22N8O. The molecule has 152 valence electrons. The second kappa shape index (κ2) is 7.66. The molecule has 30 heavy (non-hydrogen) atoms. The van der Waals surface area contributed by atoms with E-state index in [1.54, 1.807) is 16.9 Å². The number of pyridine rings is 1. The molecule has 3 aromatic heterocycles. The second-order valence-corrected chi connectivity index (χ2v) is 7.60. The minimum atomic E-state index is -0.195. The number of amides is 1. The SMILES string of the molecule is Cc1cc(C(=O)NCc2nnnn2-c2ccccc2)c2cnn(C3CCCC3)c2n1. The first-order chi connectivity index (χ1) is 14.7. The van der Waals surface area contributed by atoms with Crippen LogP contribution in [0.25, 0.3) is 16.7 Å². The zero-order valence-electron chi connectivity index (χ0n) is 16.7. The molecule has 1 fully saturated rings. The Morgan fingerprint density at radius 1 is 1.20 bits per heavy atom. The number of rotatable bonds is 5. The summed E-state index contributed by atoms with van der Waals surface area (Å²) in [5, 5.41) is 20.1. The van der Waals surface area contributed by atoms with E-state index >= 15 is 0 Å². The fourth-order valence-electron chi connectivity index (χ4n) is 4.09. The number of benzene rings is 1. The van der Waals surface area contributed by atoms with Gasteiger partial charge in [-0.25, -0.2) is 9.67 Å². The lowest BCUT2D eigenvalue weighted by atomic mass is 10.1. The minimum absolute atomic E-state index is 0.195. The highest BCUT2D eigenvalue weighted by molar-refractivity contribution is 6.05. The average molecular weight is 402 g/mol. The monoisotopic (exact) mass is 402 g/mol. The number of nitrogens with zero attached hydrogens (tertiary/aromatic N) is 7. The number of tetrazole rings is 1. The summed E-state index contributed by atoms with van der Waals surface area (Å²) in [5.41, 5.74) is 2.98. The van der Waals surface area contributed by atoms with Crippen molar-refractivity contribution in [1.82, 2.24) is 40.3 Å². The largest absolute Gasteiger partial charge is 0.345 e. The molecule has 0 radical (unpaired) electrons. The smallest absolute Gasteiger partial charge is 0.252 e. The van der Waals surface area contributed by atoms with E-state index in [1.165, 1.54) is 12.8 Å². The van der Waals surface area contributed by atoms with E-state index in [2.05, 4.69) is 30.9 Å². The van der Waals surface area contributed by atoms with Gasteiger partial charge in [-0.05, 0) is 48.4 Å². The van der Waals surface area contributed by atoms with Crippen molar-refractivity contribution in [1.29, 1.82) is 0 Å². The minimum Gasteiger partial charge on any atom is -0.345 e. The molecular weight excluding hydrogens is 380 g/mol. The summed E-state index contributed by atoms with van der Waals surface area (Å²) in [6, 6.07) is 11.7. The Bertz CT molecular complexity index is 1190. The summed E-state index contributed by atoms with van der Waals surface area (Å²) in [6.45, 7) is 2.11. The highest BCUT2D eigenvalue weighted by Crippen LogP contribution is 2.32. The summed E-state index contributed by atoms with van der Waals surface area (Å²) < 4.78 is 3.61. The number of aromatic nitrogens is 7. The van der Waals surface area contributed by atoms with E-state index in [9.17, 15) is 4.79 Å². The van der Waals surface area contributed by atoms with Gasteiger partial charge in [0.1, 0.15) is 0 Å². The highest BCUT2D eigenvalue weighted by Gasteiger charge is 2.23. The number of hydrogen-bond acceptors (Lipinski definition) is 6. The molecule has 4 aromatic rings. The number of aryl methyl sites for hydroxylation is 1. The van der Waals surface area contributed by atoms with Crippen molar-refractivity contribution >= 4 is 16.9 Å². The van der Waals surface area contributed by atoms with E-state index in [0.717, 1.165) is 35.3 Å². The van der Waals surface area contributed by atoms with Gasteiger partial charge in [0.05, 0.1) is 35.4 Å². The molecule has 1 saturated carbocycles. The third-order valence-corrected chi connectivity index (χ3v) is 5.55. The van der Waals surface area contributed by atoms with Crippen molar-refractivity contribution in [3.63, 3.8) is 0 Å². The predicted octanol–water partition coefficient (Wildman–Crippen LogP) is 2.76. The molecule has 0 aliphatic heterocycles. The van der Waals surface area contributed by atoms with Crippen molar-refractivity contribution in [2.75, 3.05) is 0 Å². The van der Waals surface area contributed by atoms with Gasteiger partial charge < -0.3 is 5.32 Å². The molecule has 1 aliphatic carbocycles. The van der Waals surface area contributed by atoms with Gasteiger partial charge in [-0.1, -0.05) is 31.0 Å². The molecule has 9 heteroatoms. The Morgan fingerprint density at radius 3 is 2.80 bits per heavy atom. The Hall–Kier alpha value is -3.62. The van der Waals surface area contributed by atoms with Crippen LogP contribution in [0.3, 0.4) is 0 Å². The van der Waals surface area contributed by atoms with Crippen LogP contribution in [0.1, 0.15) is 53.6 Å². The molecule has 0 saturated heterocycles. The molecule has 0 unspecified atom stereocenters. The molecule has 0 atom stereocenters. The number of hydrogen-bond donors (Lipinski definition) is 1. The van der Waals surface area contributed by atoms with Crippen LogP contribution in [0.5, 0.6) is 0 Å². The zero-order chi connectivity index (χ0) is 20.5. The maximum absolute atomic E-state index is 13.0. The summed E-state index contributed by atoms with van der Waals surface area (Å²) in [4.78, 5) is 17.7. The predicted molar refractivity (Wildman–Crippen MR) is 110 cm³/mol. The summed E-state index contributed by atoms with van der Waals surface area (Å²) in [5.74, 6) is 0.359. The topological polar surface area (TPSA) is 103 Å². The van der Waals surface area contributed by atoms with Crippen LogP contribution in [-0.4, -0.2) is 40.9 Å². The molecule has 0 spiro atoms. The van der Waals surface area contributed by atoms with Crippen molar-refractivity contribution in [3.05, 3.63) is 59.7 Å². The Morgan fingerprint density at radius 2 is 2.00 bits per heavy atom. The maximum atomic E-state index is 13.0. The summed E-state index contributed by atoms with van der Waals surface area (Å²) in [7, 11) is 0. The van der Waals surface area contributed by atoms with Crippen LogP contribution in [0, 0.1) is 6.92 Å². The van der Waals surface area contributed by atoms with E-state index in [4.69, 9.17) is 0 Å².